The number of nitrogens with two attached hydrogens (primary N) is 1. The molecule has 1 aromatic rings. The molecule has 0 radical (unpaired) electrons. The van der Waals surface area contributed by atoms with Crippen molar-refractivity contribution < 1.29 is 9.47 Å². The van der Waals surface area contributed by atoms with Gasteiger partial charge in [-0.05, 0) is 32.4 Å². The molecule has 2 atom stereocenters. The zero-order chi connectivity index (χ0) is 14.4. The number of benzene rings is 1. The highest BCUT2D eigenvalue weighted by Gasteiger charge is 2.22. The molecule has 0 saturated carbocycles. The SMILES string of the molecule is CCOc1ccccc1C(N)CN1CCCC(OC)C1. The zero-order valence-electron chi connectivity index (χ0n) is 12.5. The van der Waals surface area contributed by atoms with Crippen LogP contribution in [0, 0.1) is 0 Å². The topological polar surface area (TPSA) is 47.7 Å². The molecule has 1 aromatic carbocycles. The van der Waals surface area contributed by atoms with Gasteiger partial charge >= 0.3 is 0 Å². The molecule has 0 amide bonds. The Morgan fingerprint density at radius 1 is 1.40 bits per heavy atom. The lowest BCUT2D eigenvalue weighted by Crippen LogP contribution is -2.42. The lowest BCUT2D eigenvalue weighted by Gasteiger charge is -2.33. The minimum absolute atomic E-state index is 0.0200. The molecule has 1 aliphatic rings. The van der Waals surface area contributed by atoms with Crippen molar-refractivity contribution in [2.45, 2.75) is 31.9 Å². The number of hydrogen-bond donors (Lipinski definition) is 1. The van der Waals surface area contributed by atoms with Crippen LogP contribution in [0.25, 0.3) is 0 Å². The Morgan fingerprint density at radius 3 is 2.95 bits per heavy atom. The molecule has 1 fully saturated rings. The van der Waals surface area contributed by atoms with Crippen molar-refractivity contribution in [2.75, 3.05) is 33.4 Å². The highest BCUT2D eigenvalue weighted by Crippen LogP contribution is 2.25. The third kappa shape index (κ3) is 3.95. The number of ether oxygens (including phenoxy) is 2. The fraction of sp³-hybridized carbons (Fsp3) is 0.625. The molecular formula is C16H26N2O2. The van der Waals surface area contributed by atoms with Gasteiger partial charge < -0.3 is 15.2 Å². The maximum absolute atomic E-state index is 6.38. The summed E-state index contributed by atoms with van der Waals surface area (Å²) in [5.41, 5.74) is 7.47. The molecule has 1 saturated heterocycles. The second kappa shape index (κ2) is 7.62. The summed E-state index contributed by atoms with van der Waals surface area (Å²) in [7, 11) is 1.79. The minimum Gasteiger partial charge on any atom is -0.494 e. The summed E-state index contributed by atoms with van der Waals surface area (Å²) < 4.78 is 11.1. The van der Waals surface area contributed by atoms with Gasteiger partial charge in [0, 0.05) is 31.8 Å². The maximum atomic E-state index is 6.38. The van der Waals surface area contributed by atoms with Gasteiger partial charge in [-0.1, -0.05) is 18.2 Å². The van der Waals surface area contributed by atoms with Crippen molar-refractivity contribution in [3.63, 3.8) is 0 Å². The Kier molecular flexibility index (Phi) is 5.83. The van der Waals surface area contributed by atoms with Crippen LogP contribution < -0.4 is 10.5 Å². The number of piperidine rings is 1. The van der Waals surface area contributed by atoms with E-state index in [1.54, 1.807) is 7.11 Å². The van der Waals surface area contributed by atoms with Crippen LogP contribution in [0.2, 0.25) is 0 Å². The quantitative estimate of drug-likeness (QED) is 0.866. The molecule has 0 aliphatic carbocycles. The first-order valence-corrected chi connectivity index (χ1v) is 7.47. The zero-order valence-corrected chi connectivity index (χ0v) is 12.5. The third-order valence-corrected chi connectivity index (χ3v) is 3.87. The second-order valence-corrected chi connectivity index (χ2v) is 5.34. The monoisotopic (exact) mass is 278 g/mol. The Hall–Kier alpha value is -1.10. The summed E-state index contributed by atoms with van der Waals surface area (Å²) in [6.45, 7) is 5.59. The van der Waals surface area contributed by atoms with Gasteiger partial charge in [0.25, 0.3) is 0 Å². The van der Waals surface area contributed by atoms with E-state index in [1.807, 2.05) is 25.1 Å². The van der Waals surface area contributed by atoms with E-state index in [0.29, 0.717) is 12.7 Å². The van der Waals surface area contributed by atoms with Gasteiger partial charge in [0.2, 0.25) is 0 Å². The highest BCUT2D eigenvalue weighted by molar-refractivity contribution is 5.36. The molecule has 0 spiro atoms. The van der Waals surface area contributed by atoms with Crippen LogP contribution in [0.15, 0.2) is 24.3 Å². The van der Waals surface area contributed by atoms with Crippen molar-refractivity contribution in [3.8, 4) is 5.75 Å². The number of rotatable bonds is 6. The van der Waals surface area contributed by atoms with E-state index in [-0.39, 0.29) is 6.04 Å². The lowest BCUT2D eigenvalue weighted by molar-refractivity contribution is 0.0293. The third-order valence-electron chi connectivity index (χ3n) is 3.87. The number of nitrogens with zero attached hydrogens (tertiary/aromatic N) is 1. The van der Waals surface area contributed by atoms with Crippen molar-refractivity contribution in [2.24, 2.45) is 5.73 Å². The predicted octanol–water partition coefficient (Wildman–Crippen LogP) is 2.20. The van der Waals surface area contributed by atoms with E-state index in [2.05, 4.69) is 11.0 Å². The van der Waals surface area contributed by atoms with E-state index in [4.69, 9.17) is 15.2 Å². The summed E-state index contributed by atoms with van der Waals surface area (Å²) in [5.74, 6) is 0.905. The number of methoxy groups -OCH3 is 1. The molecule has 112 valence electrons. The first-order valence-electron chi connectivity index (χ1n) is 7.47. The summed E-state index contributed by atoms with van der Waals surface area (Å²) in [6.07, 6.45) is 2.67. The number of para-hydroxylation sites is 1. The Morgan fingerprint density at radius 2 is 2.20 bits per heavy atom. The van der Waals surface area contributed by atoms with E-state index in [9.17, 15) is 0 Å². The smallest absolute Gasteiger partial charge is 0.124 e. The summed E-state index contributed by atoms with van der Waals surface area (Å²) in [5, 5.41) is 0. The fourth-order valence-corrected chi connectivity index (χ4v) is 2.82. The normalized spacial score (nSPS) is 21.6. The molecule has 0 aromatic heterocycles. The van der Waals surface area contributed by atoms with Crippen LogP contribution in [-0.4, -0.2) is 44.4 Å². The molecule has 2 unspecified atom stereocenters. The molecule has 0 bridgehead atoms. The Balaban J connectivity index is 1.99. The molecule has 20 heavy (non-hydrogen) atoms. The summed E-state index contributed by atoms with van der Waals surface area (Å²) >= 11 is 0. The molecule has 2 N–H and O–H groups in total. The largest absolute Gasteiger partial charge is 0.494 e. The minimum atomic E-state index is -0.0200. The first-order chi connectivity index (χ1) is 9.74. The van der Waals surface area contributed by atoms with Crippen LogP contribution in [0.4, 0.5) is 0 Å². The fourth-order valence-electron chi connectivity index (χ4n) is 2.82. The van der Waals surface area contributed by atoms with Crippen molar-refractivity contribution in [3.05, 3.63) is 29.8 Å². The van der Waals surface area contributed by atoms with Crippen molar-refractivity contribution in [1.29, 1.82) is 0 Å². The van der Waals surface area contributed by atoms with Crippen LogP contribution in [0.5, 0.6) is 5.75 Å². The van der Waals surface area contributed by atoms with Crippen LogP contribution in [0.3, 0.4) is 0 Å². The van der Waals surface area contributed by atoms with Crippen LogP contribution in [0.1, 0.15) is 31.4 Å². The van der Waals surface area contributed by atoms with Gasteiger partial charge in [-0.2, -0.15) is 0 Å². The van der Waals surface area contributed by atoms with Crippen LogP contribution in [-0.2, 0) is 4.74 Å². The first kappa shape index (κ1) is 15.3. The molecular weight excluding hydrogens is 252 g/mol. The van der Waals surface area contributed by atoms with Crippen LogP contribution >= 0.6 is 0 Å². The Bertz CT molecular complexity index is 411. The maximum Gasteiger partial charge on any atom is 0.124 e. The average molecular weight is 278 g/mol. The average Bonchev–Trinajstić information content (AvgIpc) is 2.48. The Labute approximate surface area is 121 Å². The van der Waals surface area contributed by atoms with E-state index >= 15 is 0 Å². The lowest BCUT2D eigenvalue weighted by atomic mass is 10.0. The molecule has 1 aliphatic heterocycles. The number of hydrogen-bond acceptors (Lipinski definition) is 4. The predicted molar refractivity (Wildman–Crippen MR) is 81.0 cm³/mol. The van der Waals surface area contributed by atoms with E-state index in [0.717, 1.165) is 37.4 Å². The van der Waals surface area contributed by atoms with Gasteiger partial charge in [0.05, 0.1) is 12.7 Å². The van der Waals surface area contributed by atoms with Gasteiger partial charge in [-0.3, -0.25) is 4.90 Å². The van der Waals surface area contributed by atoms with Gasteiger partial charge in [0.1, 0.15) is 5.75 Å². The van der Waals surface area contributed by atoms with E-state index in [1.165, 1.54) is 6.42 Å². The summed E-state index contributed by atoms with van der Waals surface area (Å²) in [4.78, 5) is 2.39. The summed E-state index contributed by atoms with van der Waals surface area (Å²) in [6, 6.07) is 8.04. The standard InChI is InChI=1S/C16H26N2O2/c1-3-20-16-9-5-4-8-14(16)15(17)12-18-10-6-7-13(11-18)19-2/h4-5,8-9,13,15H,3,6-7,10-12,17H2,1-2H3. The van der Waals surface area contributed by atoms with Gasteiger partial charge in [0.15, 0.2) is 0 Å². The van der Waals surface area contributed by atoms with E-state index < -0.39 is 0 Å². The molecule has 2 rings (SSSR count). The second-order valence-electron chi connectivity index (χ2n) is 5.34. The van der Waals surface area contributed by atoms with Crippen molar-refractivity contribution >= 4 is 0 Å². The molecule has 4 heteroatoms. The molecule has 1 heterocycles. The van der Waals surface area contributed by atoms with Gasteiger partial charge in [-0.15, -0.1) is 0 Å². The van der Waals surface area contributed by atoms with Gasteiger partial charge in [-0.25, -0.2) is 0 Å². The van der Waals surface area contributed by atoms with Crippen molar-refractivity contribution in [1.82, 2.24) is 4.90 Å². The molecule has 4 nitrogen and oxygen atoms in total. The highest BCUT2D eigenvalue weighted by atomic mass is 16.5. The number of likely N-dealkylation sites (tertiary alicyclic amines) is 1.